The summed E-state index contributed by atoms with van der Waals surface area (Å²) in [6.07, 6.45) is 2.97. The molecule has 0 radical (unpaired) electrons. The number of fused-ring (bicyclic) bond motifs is 1. The standard InChI is InChI=1S/C23H20ClF2N5O/c1-3-18(14-5-4-6-15(9-14)23(25,26)12-32)30-20-16-10-17(22(11-27)7-8-22)19(24)31-21(16)29-13(2)28-20/h3-6,9-10,18,32H,1,7-8,12H2,2H3,(H,28,29,30,31)/t18-/m1/s1. The third-order valence-corrected chi connectivity index (χ3v) is 5.91. The van der Waals surface area contributed by atoms with E-state index in [1.165, 1.54) is 18.2 Å². The molecule has 9 heteroatoms. The summed E-state index contributed by atoms with van der Waals surface area (Å²) in [6, 6.07) is 9.29. The van der Waals surface area contributed by atoms with Gasteiger partial charge in [-0.15, -0.1) is 6.58 Å². The van der Waals surface area contributed by atoms with Gasteiger partial charge in [-0.1, -0.05) is 35.9 Å². The minimum atomic E-state index is -3.36. The van der Waals surface area contributed by atoms with E-state index in [4.69, 9.17) is 16.7 Å². The Labute approximate surface area is 188 Å². The predicted octanol–water partition coefficient (Wildman–Crippen LogP) is 4.97. The first-order valence-corrected chi connectivity index (χ1v) is 10.4. The number of aliphatic hydroxyl groups excluding tert-OH is 1. The maximum atomic E-state index is 14.0. The second kappa shape index (κ2) is 8.08. The summed E-state index contributed by atoms with van der Waals surface area (Å²) in [5, 5.41) is 22.6. The number of nitrogens with one attached hydrogen (secondary N) is 1. The van der Waals surface area contributed by atoms with E-state index in [-0.39, 0.29) is 10.7 Å². The number of benzene rings is 1. The molecular weight excluding hydrogens is 436 g/mol. The van der Waals surface area contributed by atoms with E-state index in [9.17, 15) is 14.0 Å². The molecule has 2 heterocycles. The van der Waals surface area contributed by atoms with Crippen molar-refractivity contribution in [2.75, 3.05) is 11.9 Å². The van der Waals surface area contributed by atoms with Crippen LogP contribution in [-0.4, -0.2) is 26.7 Å². The van der Waals surface area contributed by atoms with Crippen LogP contribution in [0.1, 0.15) is 41.4 Å². The molecule has 0 unspecified atom stereocenters. The molecule has 1 aliphatic carbocycles. The molecule has 4 rings (SSSR count). The van der Waals surface area contributed by atoms with E-state index in [2.05, 4.69) is 32.9 Å². The van der Waals surface area contributed by atoms with Crippen LogP contribution in [0.5, 0.6) is 0 Å². The van der Waals surface area contributed by atoms with Crippen molar-refractivity contribution < 1.29 is 13.9 Å². The summed E-state index contributed by atoms with van der Waals surface area (Å²) in [5.74, 6) is -2.48. The van der Waals surface area contributed by atoms with Crippen molar-refractivity contribution in [1.82, 2.24) is 15.0 Å². The first kappa shape index (κ1) is 22.1. The quantitative estimate of drug-likeness (QED) is 0.386. The summed E-state index contributed by atoms with van der Waals surface area (Å²) >= 11 is 6.36. The molecule has 0 bridgehead atoms. The molecule has 2 N–H and O–H groups in total. The van der Waals surface area contributed by atoms with E-state index in [1.807, 2.05) is 0 Å². The highest BCUT2D eigenvalue weighted by Gasteiger charge is 2.47. The number of nitrogens with zero attached hydrogens (tertiary/aromatic N) is 4. The van der Waals surface area contributed by atoms with Crippen molar-refractivity contribution >= 4 is 28.5 Å². The second-order valence-corrected chi connectivity index (χ2v) is 8.21. The maximum Gasteiger partial charge on any atom is 0.295 e. The molecule has 6 nitrogen and oxygen atoms in total. The van der Waals surface area contributed by atoms with Crippen LogP contribution >= 0.6 is 11.6 Å². The van der Waals surface area contributed by atoms with Crippen LogP contribution in [-0.2, 0) is 11.3 Å². The molecule has 32 heavy (non-hydrogen) atoms. The molecular formula is C23H20ClF2N5O. The Kier molecular flexibility index (Phi) is 5.57. The van der Waals surface area contributed by atoms with Gasteiger partial charge in [-0.05, 0) is 37.5 Å². The minimum Gasteiger partial charge on any atom is -0.390 e. The fourth-order valence-electron chi connectivity index (χ4n) is 3.63. The smallest absolute Gasteiger partial charge is 0.295 e. The Morgan fingerprint density at radius 2 is 2.09 bits per heavy atom. The van der Waals surface area contributed by atoms with Crippen molar-refractivity contribution in [3.63, 3.8) is 0 Å². The van der Waals surface area contributed by atoms with Crippen LogP contribution < -0.4 is 5.32 Å². The SMILES string of the molecule is C=C[C@@H](Nc1nc(C)nc2nc(Cl)c(C3(C#N)CC3)cc12)c1cccc(C(F)(F)CO)c1. The highest BCUT2D eigenvalue weighted by atomic mass is 35.5. The number of hydrogen-bond donors (Lipinski definition) is 2. The molecule has 164 valence electrons. The number of halogens is 3. The van der Waals surface area contributed by atoms with E-state index in [0.717, 1.165) is 0 Å². The zero-order chi connectivity index (χ0) is 23.1. The van der Waals surface area contributed by atoms with Gasteiger partial charge in [-0.2, -0.15) is 14.0 Å². The zero-order valence-corrected chi connectivity index (χ0v) is 18.0. The van der Waals surface area contributed by atoms with Crippen molar-refractivity contribution in [2.24, 2.45) is 0 Å². The first-order chi connectivity index (χ1) is 15.2. The number of aryl methyl sites for hydroxylation is 1. The number of alkyl halides is 2. The first-order valence-electron chi connectivity index (χ1n) is 9.98. The number of rotatable bonds is 7. The Morgan fingerprint density at radius 1 is 1.34 bits per heavy atom. The van der Waals surface area contributed by atoms with Crippen LogP contribution in [0.2, 0.25) is 5.15 Å². The van der Waals surface area contributed by atoms with Crippen LogP contribution in [0.15, 0.2) is 43.0 Å². The fraction of sp³-hybridized carbons (Fsp3) is 0.304. The van der Waals surface area contributed by atoms with Gasteiger partial charge in [-0.25, -0.2) is 15.0 Å². The Morgan fingerprint density at radius 3 is 2.72 bits per heavy atom. The van der Waals surface area contributed by atoms with Gasteiger partial charge >= 0.3 is 0 Å². The van der Waals surface area contributed by atoms with Gasteiger partial charge in [-0.3, -0.25) is 0 Å². The lowest BCUT2D eigenvalue weighted by Crippen LogP contribution is -2.19. The predicted molar refractivity (Wildman–Crippen MR) is 118 cm³/mol. The lowest BCUT2D eigenvalue weighted by molar-refractivity contribution is -0.0556. The van der Waals surface area contributed by atoms with Crippen LogP contribution in [0, 0.1) is 18.3 Å². The summed E-state index contributed by atoms with van der Waals surface area (Å²) in [4.78, 5) is 13.2. The summed E-state index contributed by atoms with van der Waals surface area (Å²) in [7, 11) is 0. The number of aliphatic hydroxyl groups is 1. The molecule has 0 aliphatic heterocycles. The molecule has 3 aromatic rings. The minimum absolute atomic E-state index is 0.236. The van der Waals surface area contributed by atoms with Gasteiger partial charge in [0, 0.05) is 11.1 Å². The fourth-order valence-corrected chi connectivity index (χ4v) is 3.95. The molecule has 1 aliphatic rings. The van der Waals surface area contributed by atoms with Gasteiger partial charge < -0.3 is 10.4 Å². The summed E-state index contributed by atoms with van der Waals surface area (Å²) < 4.78 is 28.0. The molecule has 0 spiro atoms. The van der Waals surface area contributed by atoms with Gasteiger partial charge in [0.25, 0.3) is 5.92 Å². The van der Waals surface area contributed by atoms with Crippen molar-refractivity contribution in [1.29, 1.82) is 5.26 Å². The average Bonchev–Trinajstić information content (AvgIpc) is 3.58. The molecule has 1 fully saturated rings. The van der Waals surface area contributed by atoms with Crippen molar-refractivity contribution in [2.45, 2.75) is 37.1 Å². The summed E-state index contributed by atoms with van der Waals surface area (Å²) in [5.41, 5.74) is 0.570. The lowest BCUT2D eigenvalue weighted by Gasteiger charge is -2.20. The third-order valence-electron chi connectivity index (χ3n) is 5.63. The molecule has 1 atom stereocenters. The average molecular weight is 456 g/mol. The number of anilines is 1. The van der Waals surface area contributed by atoms with Crippen LogP contribution in [0.25, 0.3) is 11.0 Å². The molecule has 0 saturated heterocycles. The van der Waals surface area contributed by atoms with E-state index in [1.54, 1.807) is 25.1 Å². The monoisotopic (exact) mass is 455 g/mol. The van der Waals surface area contributed by atoms with Gasteiger partial charge in [0.2, 0.25) is 0 Å². The lowest BCUT2D eigenvalue weighted by atomic mass is 9.98. The topological polar surface area (TPSA) is 94.7 Å². The largest absolute Gasteiger partial charge is 0.390 e. The highest BCUT2D eigenvalue weighted by Crippen LogP contribution is 2.50. The Balaban J connectivity index is 1.78. The second-order valence-electron chi connectivity index (χ2n) is 7.86. The Hall–Kier alpha value is -3.15. The molecule has 1 saturated carbocycles. The van der Waals surface area contributed by atoms with Gasteiger partial charge in [0.1, 0.15) is 23.4 Å². The van der Waals surface area contributed by atoms with Crippen LogP contribution in [0.4, 0.5) is 14.6 Å². The van der Waals surface area contributed by atoms with E-state index in [0.29, 0.717) is 46.6 Å². The Bertz CT molecular complexity index is 1250. The zero-order valence-electron chi connectivity index (χ0n) is 17.2. The van der Waals surface area contributed by atoms with Gasteiger partial charge in [0.15, 0.2) is 5.65 Å². The maximum absolute atomic E-state index is 14.0. The third kappa shape index (κ3) is 3.90. The molecule has 1 aromatic carbocycles. The number of aromatic nitrogens is 3. The molecule has 0 amide bonds. The van der Waals surface area contributed by atoms with Crippen LogP contribution in [0.3, 0.4) is 0 Å². The van der Waals surface area contributed by atoms with Crippen molar-refractivity contribution in [3.8, 4) is 6.07 Å². The van der Waals surface area contributed by atoms with Crippen molar-refractivity contribution in [3.05, 3.63) is 70.7 Å². The normalized spacial score (nSPS) is 15.8. The number of nitriles is 1. The molecule has 2 aromatic heterocycles. The van der Waals surface area contributed by atoms with E-state index >= 15 is 0 Å². The number of pyridine rings is 1. The van der Waals surface area contributed by atoms with E-state index < -0.39 is 24.0 Å². The summed E-state index contributed by atoms with van der Waals surface area (Å²) in [6.45, 7) is 4.24. The highest BCUT2D eigenvalue weighted by molar-refractivity contribution is 6.30. The van der Waals surface area contributed by atoms with Gasteiger partial charge in [0.05, 0.1) is 22.9 Å². The number of hydrogen-bond acceptors (Lipinski definition) is 6.